The number of halogens is 1. The summed E-state index contributed by atoms with van der Waals surface area (Å²) in [5.41, 5.74) is 0.564. The van der Waals surface area contributed by atoms with Crippen molar-refractivity contribution in [3.8, 4) is 0 Å². The predicted molar refractivity (Wildman–Crippen MR) is 68.0 cm³/mol. The summed E-state index contributed by atoms with van der Waals surface area (Å²) in [6, 6.07) is 6.69. The predicted octanol–water partition coefficient (Wildman–Crippen LogP) is 2.36. The number of nitrogens with one attached hydrogen (secondary N) is 1. The number of rotatable bonds is 4. The molecule has 0 saturated heterocycles. The molecule has 6 heteroatoms. The molecule has 0 radical (unpaired) electrons. The molecule has 0 fully saturated rings. The molecule has 0 atom stereocenters. The van der Waals surface area contributed by atoms with Gasteiger partial charge in [0.25, 0.3) is 0 Å². The molecule has 17 heavy (non-hydrogen) atoms. The third kappa shape index (κ3) is 2.71. The quantitative estimate of drug-likeness (QED) is 0.907. The molecule has 0 spiro atoms. The maximum atomic E-state index is 13.5. The van der Waals surface area contributed by atoms with Gasteiger partial charge in [0.1, 0.15) is 10.8 Å². The van der Waals surface area contributed by atoms with Gasteiger partial charge in [-0.2, -0.15) is 0 Å². The van der Waals surface area contributed by atoms with Crippen LogP contribution in [0.2, 0.25) is 0 Å². The third-order valence-electron chi connectivity index (χ3n) is 2.32. The Balaban J connectivity index is 2.11. The number of hydrogen-bond acceptors (Lipinski definition) is 5. The van der Waals surface area contributed by atoms with Crippen LogP contribution >= 0.6 is 11.3 Å². The van der Waals surface area contributed by atoms with Gasteiger partial charge in [0.05, 0.1) is 12.2 Å². The Morgan fingerprint density at radius 3 is 2.76 bits per heavy atom. The average molecular weight is 252 g/mol. The van der Waals surface area contributed by atoms with Crippen LogP contribution in [0.15, 0.2) is 24.3 Å². The van der Waals surface area contributed by atoms with E-state index in [1.165, 1.54) is 17.4 Å². The first kappa shape index (κ1) is 11.8. The van der Waals surface area contributed by atoms with Crippen LogP contribution in [0.3, 0.4) is 0 Å². The minimum atomic E-state index is -0.228. The van der Waals surface area contributed by atoms with Crippen LogP contribution in [0.4, 0.5) is 15.2 Å². The molecule has 1 N–H and O–H groups in total. The van der Waals surface area contributed by atoms with E-state index in [9.17, 15) is 4.39 Å². The normalized spacial score (nSPS) is 10.3. The molecule has 0 aliphatic heterocycles. The van der Waals surface area contributed by atoms with E-state index in [0.29, 0.717) is 12.2 Å². The number of nitrogens with zero attached hydrogens (tertiary/aromatic N) is 3. The van der Waals surface area contributed by atoms with E-state index in [1.54, 1.807) is 19.2 Å². The van der Waals surface area contributed by atoms with Crippen molar-refractivity contribution in [3.63, 3.8) is 0 Å². The van der Waals surface area contributed by atoms with E-state index >= 15 is 0 Å². The molecule has 0 aliphatic rings. The first-order valence-corrected chi connectivity index (χ1v) is 5.98. The zero-order valence-electron chi connectivity index (χ0n) is 9.64. The highest BCUT2D eigenvalue weighted by Crippen LogP contribution is 2.21. The summed E-state index contributed by atoms with van der Waals surface area (Å²) < 4.78 is 13.5. The van der Waals surface area contributed by atoms with Crippen LogP contribution in [0.5, 0.6) is 0 Å². The fourth-order valence-corrected chi connectivity index (χ4v) is 2.21. The second kappa shape index (κ2) is 5.09. The van der Waals surface area contributed by atoms with Crippen LogP contribution in [-0.2, 0) is 6.54 Å². The fraction of sp³-hybridized carbons (Fsp3) is 0.273. The standard InChI is InChI=1S/C11H13FN4S/c1-13-11-15-14-10(17-11)7-16(2)9-6-4-3-5-8(9)12/h3-6H,7H2,1-2H3,(H,13,15). The number of hydrogen-bond donors (Lipinski definition) is 1. The van der Waals surface area contributed by atoms with Crippen molar-refractivity contribution in [2.45, 2.75) is 6.54 Å². The lowest BCUT2D eigenvalue weighted by atomic mass is 10.3. The van der Waals surface area contributed by atoms with E-state index in [1.807, 2.05) is 18.0 Å². The molecule has 1 aromatic carbocycles. The molecule has 1 aromatic heterocycles. The SMILES string of the molecule is CNc1nnc(CN(C)c2ccccc2F)s1. The van der Waals surface area contributed by atoms with Gasteiger partial charge in [0, 0.05) is 14.1 Å². The topological polar surface area (TPSA) is 41.1 Å². The van der Waals surface area contributed by atoms with Crippen LogP contribution in [0, 0.1) is 5.82 Å². The largest absolute Gasteiger partial charge is 0.365 e. The molecular weight excluding hydrogens is 239 g/mol. The van der Waals surface area contributed by atoms with Gasteiger partial charge >= 0.3 is 0 Å². The van der Waals surface area contributed by atoms with Crippen molar-refractivity contribution in [3.05, 3.63) is 35.1 Å². The zero-order valence-corrected chi connectivity index (χ0v) is 10.5. The van der Waals surface area contributed by atoms with Crippen molar-refractivity contribution in [1.29, 1.82) is 0 Å². The van der Waals surface area contributed by atoms with Crippen LogP contribution in [0.25, 0.3) is 0 Å². The van der Waals surface area contributed by atoms with Crippen molar-refractivity contribution < 1.29 is 4.39 Å². The Hall–Kier alpha value is -1.69. The first-order chi connectivity index (χ1) is 8.20. The van der Waals surface area contributed by atoms with Crippen LogP contribution < -0.4 is 10.2 Å². The Bertz CT molecular complexity index is 500. The van der Waals surface area contributed by atoms with Gasteiger partial charge in [-0.3, -0.25) is 0 Å². The number of anilines is 2. The Morgan fingerprint density at radius 2 is 2.12 bits per heavy atom. The van der Waals surface area contributed by atoms with Crippen LogP contribution in [-0.4, -0.2) is 24.3 Å². The molecule has 2 rings (SSSR count). The molecule has 0 saturated carbocycles. The molecule has 2 aromatic rings. The second-order valence-electron chi connectivity index (χ2n) is 3.56. The zero-order chi connectivity index (χ0) is 12.3. The lowest BCUT2D eigenvalue weighted by Crippen LogP contribution is -2.17. The van der Waals surface area contributed by atoms with Gasteiger partial charge in [0.15, 0.2) is 0 Å². The Labute approximate surface area is 103 Å². The van der Waals surface area contributed by atoms with Crippen molar-refractivity contribution in [2.75, 3.05) is 24.3 Å². The van der Waals surface area contributed by atoms with Crippen molar-refractivity contribution in [1.82, 2.24) is 10.2 Å². The minimum Gasteiger partial charge on any atom is -0.365 e. The number of aromatic nitrogens is 2. The van der Waals surface area contributed by atoms with E-state index in [4.69, 9.17) is 0 Å². The molecular formula is C11H13FN4S. The maximum absolute atomic E-state index is 13.5. The lowest BCUT2D eigenvalue weighted by molar-refractivity contribution is 0.622. The van der Waals surface area contributed by atoms with Crippen molar-refractivity contribution in [2.24, 2.45) is 0 Å². The van der Waals surface area contributed by atoms with Gasteiger partial charge in [-0.1, -0.05) is 23.5 Å². The van der Waals surface area contributed by atoms with E-state index < -0.39 is 0 Å². The molecule has 4 nitrogen and oxygen atoms in total. The smallest absolute Gasteiger partial charge is 0.205 e. The van der Waals surface area contributed by atoms with Gasteiger partial charge in [-0.05, 0) is 12.1 Å². The number of para-hydroxylation sites is 1. The van der Waals surface area contributed by atoms with Crippen LogP contribution in [0.1, 0.15) is 5.01 Å². The summed E-state index contributed by atoms with van der Waals surface area (Å²) in [6.07, 6.45) is 0. The van der Waals surface area contributed by atoms with Gasteiger partial charge in [0.2, 0.25) is 5.13 Å². The lowest BCUT2D eigenvalue weighted by Gasteiger charge is -2.17. The summed E-state index contributed by atoms with van der Waals surface area (Å²) >= 11 is 1.46. The summed E-state index contributed by atoms with van der Waals surface area (Å²) in [6.45, 7) is 0.542. The molecule has 1 heterocycles. The molecule has 0 aliphatic carbocycles. The molecule has 0 unspecified atom stereocenters. The van der Waals surface area contributed by atoms with E-state index in [2.05, 4.69) is 15.5 Å². The summed E-state index contributed by atoms with van der Waals surface area (Å²) in [7, 11) is 3.63. The number of benzene rings is 1. The summed E-state index contributed by atoms with van der Waals surface area (Å²) in [5.74, 6) is -0.228. The van der Waals surface area contributed by atoms with Crippen molar-refractivity contribution >= 4 is 22.2 Å². The van der Waals surface area contributed by atoms with Gasteiger partial charge < -0.3 is 10.2 Å². The first-order valence-electron chi connectivity index (χ1n) is 5.16. The highest BCUT2D eigenvalue weighted by Gasteiger charge is 2.10. The van der Waals surface area contributed by atoms with Gasteiger partial charge in [-0.25, -0.2) is 4.39 Å². The summed E-state index contributed by atoms with van der Waals surface area (Å²) in [4.78, 5) is 1.81. The highest BCUT2D eigenvalue weighted by atomic mass is 32.1. The van der Waals surface area contributed by atoms with E-state index in [-0.39, 0.29) is 5.82 Å². The molecule has 0 amide bonds. The summed E-state index contributed by atoms with van der Waals surface area (Å²) in [5, 5.41) is 12.5. The van der Waals surface area contributed by atoms with E-state index in [0.717, 1.165) is 10.1 Å². The highest BCUT2D eigenvalue weighted by molar-refractivity contribution is 7.15. The minimum absolute atomic E-state index is 0.228. The Kier molecular flexibility index (Phi) is 3.53. The fourth-order valence-electron chi connectivity index (χ4n) is 1.47. The molecule has 0 bridgehead atoms. The van der Waals surface area contributed by atoms with Gasteiger partial charge in [-0.15, -0.1) is 10.2 Å². The molecule has 90 valence electrons. The third-order valence-corrected chi connectivity index (χ3v) is 3.24. The monoisotopic (exact) mass is 252 g/mol. The maximum Gasteiger partial charge on any atom is 0.205 e. The second-order valence-corrected chi connectivity index (χ2v) is 4.62. The Morgan fingerprint density at radius 1 is 1.35 bits per heavy atom. The average Bonchev–Trinajstić information content (AvgIpc) is 2.77.